The van der Waals surface area contributed by atoms with Gasteiger partial charge in [0.15, 0.2) is 10.8 Å². The summed E-state index contributed by atoms with van der Waals surface area (Å²) in [7, 11) is 0. The number of fused-ring (bicyclic) bond motifs is 1. The van der Waals surface area contributed by atoms with E-state index in [1.807, 2.05) is 0 Å². The van der Waals surface area contributed by atoms with Gasteiger partial charge in [-0.1, -0.05) is 35.1 Å². The summed E-state index contributed by atoms with van der Waals surface area (Å²) in [4.78, 5) is 48.6. The summed E-state index contributed by atoms with van der Waals surface area (Å²) in [5, 5.41) is 6.93. The first-order valence-corrected chi connectivity index (χ1v) is 12.1. The summed E-state index contributed by atoms with van der Waals surface area (Å²) in [6.45, 7) is 1.23. The van der Waals surface area contributed by atoms with Crippen LogP contribution in [0.25, 0.3) is 10.3 Å². The van der Waals surface area contributed by atoms with Gasteiger partial charge in [-0.3, -0.25) is 19.0 Å². The zero-order chi connectivity index (χ0) is 22.9. The van der Waals surface area contributed by atoms with Crippen molar-refractivity contribution in [2.24, 2.45) is 5.92 Å². The summed E-state index contributed by atoms with van der Waals surface area (Å²) < 4.78 is 1.68. The molecule has 2 fully saturated rings. The van der Waals surface area contributed by atoms with Crippen LogP contribution in [-0.2, 0) is 16.1 Å². The Labute approximate surface area is 198 Å². The molecule has 5 rings (SSSR count). The molecule has 172 valence electrons. The van der Waals surface area contributed by atoms with Crippen molar-refractivity contribution in [2.45, 2.75) is 38.3 Å². The number of benzene rings is 1. The molecule has 1 aliphatic carbocycles. The summed E-state index contributed by atoms with van der Waals surface area (Å²) in [6.07, 6.45) is 5.03. The summed E-state index contributed by atoms with van der Waals surface area (Å²) in [5.74, 6) is -0.188. The minimum absolute atomic E-state index is 0.0308. The average Bonchev–Trinajstić information content (AvgIpc) is 3.52. The van der Waals surface area contributed by atoms with E-state index in [0.717, 1.165) is 25.7 Å². The highest BCUT2D eigenvalue weighted by Gasteiger charge is 2.30. The van der Waals surface area contributed by atoms with Gasteiger partial charge in [0.2, 0.25) is 11.8 Å². The Morgan fingerprint density at radius 3 is 2.64 bits per heavy atom. The van der Waals surface area contributed by atoms with E-state index in [4.69, 9.17) is 11.6 Å². The molecule has 2 amide bonds. The number of piperidine rings is 1. The normalized spacial score (nSPS) is 16.7. The van der Waals surface area contributed by atoms with E-state index in [-0.39, 0.29) is 29.8 Å². The van der Waals surface area contributed by atoms with Crippen LogP contribution in [0.15, 0.2) is 35.4 Å². The lowest BCUT2D eigenvalue weighted by molar-refractivity contribution is -0.125. The van der Waals surface area contributed by atoms with Crippen LogP contribution in [0.3, 0.4) is 0 Å². The highest BCUT2D eigenvalue weighted by Crippen LogP contribution is 2.30. The van der Waals surface area contributed by atoms with Crippen LogP contribution < -0.4 is 21.1 Å². The van der Waals surface area contributed by atoms with E-state index in [1.165, 1.54) is 22.2 Å². The van der Waals surface area contributed by atoms with Crippen LogP contribution in [0.5, 0.6) is 0 Å². The Bertz CT molecular complexity index is 1260. The van der Waals surface area contributed by atoms with Gasteiger partial charge in [-0.2, -0.15) is 4.98 Å². The zero-order valence-electron chi connectivity index (χ0n) is 17.8. The van der Waals surface area contributed by atoms with Gasteiger partial charge in [0.25, 0.3) is 5.56 Å². The van der Waals surface area contributed by atoms with Gasteiger partial charge < -0.3 is 15.5 Å². The van der Waals surface area contributed by atoms with Crippen LogP contribution in [-0.4, -0.2) is 45.5 Å². The number of nitrogens with zero attached hydrogens (tertiary/aromatic N) is 4. The highest BCUT2D eigenvalue weighted by atomic mass is 35.5. The van der Waals surface area contributed by atoms with Crippen molar-refractivity contribution >= 4 is 55.9 Å². The Morgan fingerprint density at radius 1 is 1.15 bits per heavy atom. The molecule has 1 saturated heterocycles. The molecule has 1 aromatic carbocycles. The predicted molar refractivity (Wildman–Crippen MR) is 128 cm³/mol. The molecular weight excluding hydrogens is 464 g/mol. The first kappa shape index (κ1) is 21.8. The number of hydrogen-bond acceptors (Lipinski definition) is 7. The van der Waals surface area contributed by atoms with Crippen LogP contribution in [0, 0.1) is 5.92 Å². The van der Waals surface area contributed by atoms with Crippen molar-refractivity contribution in [3.05, 3.63) is 46.0 Å². The average molecular weight is 487 g/mol. The fourth-order valence-electron chi connectivity index (χ4n) is 3.87. The minimum Gasteiger partial charge on any atom is -0.353 e. The first-order chi connectivity index (χ1) is 16.0. The smallest absolute Gasteiger partial charge is 0.273 e. The number of halogens is 1. The Morgan fingerprint density at radius 2 is 1.91 bits per heavy atom. The van der Waals surface area contributed by atoms with Gasteiger partial charge in [0.1, 0.15) is 17.6 Å². The topological polar surface area (TPSA) is 109 Å². The van der Waals surface area contributed by atoms with E-state index in [1.54, 1.807) is 24.3 Å². The lowest BCUT2D eigenvalue weighted by Crippen LogP contribution is -2.41. The number of thiazole rings is 1. The summed E-state index contributed by atoms with van der Waals surface area (Å²) in [5.41, 5.74) is 0.550. The molecule has 3 aromatic rings. The highest BCUT2D eigenvalue weighted by molar-refractivity contribution is 7.22. The number of carbonyl (C=O) groups excluding carboxylic acids is 2. The number of amides is 2. The molecule has 2 aromatic heterocycles. The number of para-hydroxylation sites is 1. The van der Waals surface area contributed by atoms with Gasteiger partial charge in [-0.15, -0.1) is 0 Å². The third kappa shape index (κ3) is 4.86. The molecule has 0 spiro atoms. The van der Waals surface area contributed by atoms with Gasteiger partial charge in [0, 0.05) is 25.0 Å². The molecule has 0 atom stereocenters. The van der Waals surface area contributed by atoms with Gasteiger partial charge in [-0.25, -0.2) is 4.98 Å². The number of nitrogens with one attached hydrogen (secondary N) is 2. The van der Waals surface area contributed by atoms with Gasteiger partial charge in [0.05, 0.1) is 10.7 Å². The van der Waals surface area contributed by atoms with Gasteiger partial charge in [-0.05, 0) is 37.8 Å². The summed E-state index contributed by atoms with van der Waals surface area (Å²) >= 11 is 7.35. The molecule has 2 aliphatic rings. The standard InChI is InChI=1S/C22H23ClN6O3S/c23-15-3-1-2-4-16(15)26-17(30)11-29-12-24-19-18(21(29)32)33-22(27-19)28-9-7-13(8-10-28)20(31)25-14-5-6-14/h1-4,12-14H,5-11H2,(H,25,31)(H,26,30). The Kier molecular flexibility index (Phi) is 6.03. The van der Waals surface area contributed by atoms with Crippen molar-refractivity contribution in [1.82, 2.24) is 19.9 Å². The van der Waals surface area contributed by atoms with Crippen LogP contribution in [0.1, 0.15) is 25.7 Å². The fraction of sp³-hybridized carbons (Fsp3) is 0.409. The molecule has 1 saturated carbocycles. The van der Waals surface area contributed by atoms with Crippen molar-refractivity contribution in [3.63, 3.8) is 0 Å². The number of anilines is 2. The molecule has 9 nitrogen and oxygen atoms in total. The lowest BCUT2D eigenvalue weighted by Gasteiger charge is -2.30. The number of aromatic nitrogens is 3. The Hall–Kier alpha value is -2.98. The maximum absolute atomic E-state index is 12.9. The summed E-state index contributed by atoms with van der Waals surface area (Å²) in [6, 6.07) is 7.28. The molecule has 0 bridgehead atoms. The van der Waals surface area contributed by atoms with E-state index in [2.05, 4.69) is 25.5 Å². The molecule has 0 unspecified atom stereocenters. The van der Waals surface area contributed by atoms with E-state index in [9.17, 15) is 14.4 Å². The van der Waals surface area contributed by atoms with Crippen molar-refractivity contribution in [2.75, 3.05) is 23.3 Å². The molecule has 11 heteroatoms. The largest absolute Gasteiger partial charge is 0.353 e. The second-order valence-electron chi connectivity index (χ2n) is 8.40. The second-order valence-corrected chi connectivity index (χ2v) is 9.78. The SMILES string of the molecule is O=C(Cn1cnc2nc(N3CCC(C(=O)NC4CC4)CC3)sc2c1=O)Nc1ccccc1Cl. The maximum Gasteiger partial charge on any atom is 0.273 e. The monoisotopic (exact) mass is 486 g/mol. The molecule has 33 heavy (non-hydrogen) atoms. The van der Waals surface area contributed by atoms with Crippen LogP contribution in [0.4, 0.5) is 10.8 Å². The van der Waals surface area contributed by atoms with Crippen molar-refractivity contribution in [3.8, 4) is 0 Å². The van der Waals surface area contributed by atoms with E-state index in [0.29, 0.717) is 45.3 Å². The molecule has 0 radical (unpaired) electrons. The first-order valence-electron chi connectivity index (χ1n) is 10.9. The van der Waals surface area contributed by atoms with E-state index < -0.39 is 0 Å². The van der Waals surface area contributed by atoms with Crippen LogP contribution >= 0.6 is 22.9 Å². The fourth-order valence-corrected chi connectivity index (χ4v) is 5.07. The maximum atomic E-state index is 12.9. The molecule has 3 heterocycles. The second kappa shape index (κ2) is 9.11. The van der Waals surface area contributed by atoms with E-state index >= 15 is 0 Å². The minimum atomic E-state index is -0.373. The quantitative estimate of drug-likeness (QED) is 0.554. The molecule has 1 aliphatic heterocycles. The van der Waals surface area contributed by atoms with Crippen molar-refractivity contribution in [1.29, 1.82) is 0 Å². The molecular formula is C22H23ClN6O3S. The lowest BCUT2D eigenvalue weighted by atomic mass is 9.96. The van der Waals surface area contributed by atoms with Gasteiger partial charge >= 0.3 is 0 Å². The number of rotatable bonds is 6. The Balaban J connectivity index is 1.26. The van der Waals surface area contributed by atoms with Crippen molar-refractivity contribution < 1.29 is 9.59 Å². The predicted octanol–water partition coefficient (Wildman–Crippen LogP) is 2.64. The molecule has 2 N–H and O–H groups in total. The third-order valence-corrected chi connectivity index (χ3v) is 7.32. The zero-order valence-corrected chi connectivity index (χ0v) is 19.4. The number of carbonyl (C=O) groups is 2. The third-order valence-electron chi connectivity index (χ3n) is 5.89. The van der Waals surface area contributed by atoms with Crippen LogP contribution in [0.2, 0.25) is 5.02 Å². The number of hydrogen-bond donors (Lipinski definition) is 2.